The van der Waals surface area contributed by atoms with E-state index >= 15 is 0 Å². The first-order valence-corrected chi connectivity index (χ1v) is 8.86. The summed E-state index contributed by atoms with van der Waals surface area (Å²) in [6.07, 6.45) is 3.34. The van der Waals surface area contributed by atoms with Crippen molar-refractivity contribution in [1.29, 1.82) is 0 Å². The van der Waals surface area contributed by atoms with Crippen LogP contribution >= 0.6 is 35.0 Å². The summed E-state index contributed by atoms with van der Waals surface area (Å²) in [7, 11) is 0. The van der Waals surface area contributed by atoms with Crippen molar-refractivity contribution in [3.8, 4) is 0 Å². The van der Waals surface area contributed by atoms with Crippen LogP contribution in [-0.2, 0) is 13.0 Å². The Morgan fingerprint density at radius 2 is 2.30 bits per heavy atom. The summed E-state index contributed by atoms with van der Waals surface area (Å²) in [5.74, 6) is 2.89. The first kappa shape index (κ1) is 14.6. The summed E-state index contributed by atoms with van der Waals surface area (Å²) in [5, 5.41) is 0.780. The maximum Gasteiger partial charge on any atom is 0.111 e. The minimum absolute atomic E-state index is 0.286. The molecule has 1 unspecified atom stereocenters. The van der Waals surface area contributed by atoms with Crippen LogP contribution in [0, 0.1) is 0 Å². The number of thioether (sulfide) groups is 1. The van der Waals surface area contributed by atoms with Gasteiger partial charge in [-0.25, -0.2) is 4.98 Å². The third-order valence-electron chi connectivity index (χ3n) is 3.91. The molecule has 3 rings (SSSR count). The maximum absolute atomic E-state index is 6.41. The molecule has 1 saturated heterocycles. The number of hydrogen-bond acceptors (Lipinski definition) is 2. The van der Waals surface area contributed by atoms with Crippen LogP contribution in [0.1, 0.15) is 25.6 Å². The van der Waals surface area contributed by atoms with Gasteiger partial charge in [-0.3, -0.25) is 0 Å². The van der Waals surface area contributed by atoms with Crippen molar-refractivity contribution >= 4 is 46.0 Å². The van der Waals surface area contributed by atoms with Gasteiger partial charge < -0.3 is 4.57 Å². The van der Waals surface area contributed by atoms with Gasteiger partial charge in [0.15, 0.2) is 0 Å². The number of rotatable bonds is 4. The first-order valence-electron chi connectivity index (χ1n) is 6.96. The smallest absolute Gasteiger partial charge is 0.111 e. The van der Waals surface area contributed by atoms with Crippen molar-refractivity contribution in [2.75, 3.05) is 11.6 Å². The minimum atomic E-state index is 0.286. The van der Waals surface area contributed by atoms with Gasteiger partial charge in [0.25, 0.3) is 0 Å². The van der Waals surface area contributed by atoms with Crippen LogP contribution in [0.25, 0.3) is 11.0 Å². The molecule has 2 heterocycles. The topological polar surface area (TPSA) is 17.8 Å². The first-order chi connectivity index (χ1) is 9.63. The Balaban J connectivity index is 2.08. The van der Waals surface area contributed by atoms with E-state index in [4.69, 9.17) is 28.2 Å². The number of nitrogens with zero attached hydrogens (tertiary/aromatic N) is 2. The second kappa shape index (κ2) is 5.78. The van der Waals surface area contributed by atoms with E-state index in [0.29, 0.717) is 5.88 Å². The lowest BCUT2D eigenvalue weighted by Crippen LogP contribution is -2.25. The zero-order valence-corrected chi connectivity index (χ0v) is 13.9. The predicted molar refractivity (Wildman–Crippen MR) is 89.3 cm³/mol. The van der Waals surface area contributed by atoms with Crippen LogP contribution in [0.4, 0.5) is 0 Å². The van der Waals surface area contributed by atoms with Gasteiger partial charge in [0.1, 0.15) is 5.82 Å². The second-order valence-corrected chi connectivity index (χ2v) is 8.03. The van der Waals surface area contributed by atoms with Crippen LogP contribution in [0.15, 0.2) is 18.2 Å². The lowest BCUT2D eigenvalue weighted by molar-refractivity contribution is 0.507. The highest BCUT2D eigenvalue weighted by Crippen LogP contribution is 2.40. The van der Waals surface area contributed by atoms with Crippen LogP contribution in [0.3, 0.4) is 0 Å². The van der Waals surface area contributed by atoms with Crippen LogP contribution in [-0.4, -0.2) is 25.9 Å². The number of aryl methyl sites for hydroxylation is 1. The fraction of sp³-hybridized carbons (Fsp3) is 0.533. The van der Waals surface area contributed by atoms with Gasteiger partial charge in [-0.2, -0.15) is 11.8 Å². The quantitative estimate of drug-likeness (QED) is 0.753. The highest BCUT2D eigenvalue weighted by molar-refractivity contribution is 8.00. The molecular formula is C15H18Cl2N2S. The summed E-state index contributed by atoms with van der Waals surface area (Å²) in [5.41, 5.74) is 2.03. The fourth-order valence-electron chi connectivity index (χ4n) is 2.93. The SMILES string of the molecule is CC1(Cn2c(CCCl)nc3cccc(Cl)c32)CCCS1. The molecule has 2 nitrogen and oxygen atoms in total. The molecule has 108 valence electrons. The van der Waals surface area contributed by atoms with E-state index in [9.17, 15) is 0 Å². The van der Waals surface area contributed by atoms with E-state index in [1.807, 2.05) is 18.2 Å². The molecule has 0 radical (unpaired) electrons. The Morgan fingerprint density at radius 3 is 3.00 bits per heavy atom. The second-order valence-electron chi connectivity index (χ2n) is 5.56. The Bertz CT molecular complexity index is 618. The Labute approximate surface area is 133 Å². The fourth-order valence-corrected chi connectivity index (χ4v) is 4.66. The van der Waals surface area contributed by atoms with Gasteiger partial charge in [-0.15, -0.1) is 11.6 Å². The molecule has 1 fully saturated rings. The zero-order valence-electron chi connectivity index (χ0n) is 11.5. The molecule has 0 N–H and O–H groups in total. The average molecular weight is 329 g/mol. The summed E-state index contributed by atoms with van der Waals surface area (Å²) < 4.78 is 2.58. The number of halogens is 2. The third kappa shape index (κ3) is 2.68. The van der Waals surface area contributed by atoms with Gasteiger partial charge in [-0.05, 0) is 37.7 Å². The molecule has 1 atom stereocenters. The highest BCUT2D eigenvalue weighted by Gasteiger charge is 2.31. The molecule has 5 heteroatoms. The van der Waals surface area contributed by atoms with Crippen molar-refractivity contribution < 1.29 is 0 Å². The van der Waals surface area contributed by atoms with E-state index in [0.717, 1.165) is 34.8 Å². The van der Waals surface area contributed by atoms with Crippen LogP contribution in [0.5, 0.6) is 0 Å². The molecule has 0 amide bonds. The summed E-state index contributed by atoms with van der Waals surface area (Å²) in [4.78, 5) is 4.72. The standard InChI is InChI=1S/C15H18Cl2N2S/c1-15(7-3-9-20-15)10-19-13(6-8-16)18-12-5-2-4-11(17)14(12)19/h2,4-5H,3,6-10H2,1H3. The van der Waals surface area contributed by atoms with Gasteiger partial charge in [0.2, 0.25) is 0 Å². The Morgan fingerprint density at radius 1 is 1.45 bits per heavy atom. The van der Waals surface area contributed by atoms with Gasteiger partial charge in [-0.1, -0.05) is 17.7 Å². The van der Waals surface area contributed by atoms with E-state index < -0.39 is 0 Å². The molecular weight excluding hydrogens is 311 g/mol. The number of fused-ring (bicyclic) bond motifs is 1. The van der Waals surface area contributed by atoms with Gasteiger partial charge >= 0.3 is 0 Å². The summed E-state index contributed by atoms with van der Waals surface area (Å²) in [6, 6.07) is 5.93. The summed E-state index contributed by atoms with van der Waals surface area (Å²) >= 11 is 14.4. The van der Waals surface area contributed by atoms with Crippen molar-refractivity contribution in [3.63, 3.8) is 0 Å². The summed E-state index contributed by atoms with van der Waals surface area (Å²) in [6.45, 7) is 3.31. The lowest BCUT2D eigenvalue weighted by atomic mass is 10.1. The molecule has 0 saturated carbocycles. The largest absolute Gasteiger partial charge is 0.325 e. The Kier molecular flexibility index (Phi) is 4.21. The normalized spacial score (nSPS) is 22.8. The average Bonchev–Trinajstić information content (AvgIpc) is 2.97. The number of para-hydroxylation sites is 1. The van der Waals surface area contributed by atoms with E-state index in [1.165, 1.54) is 18.6 Å². The number of aromatic nitrogens is 2. The number of hydrogen-bond donors (Lipinski definition) is 0. The van der Waals surface area contributed by atoms with Crippen molar-refractivity contribution in [3.05, 3.63) is 29.0 Å². The van der Waals surface area contributed by atoms with E-state index in [1.54, 1.807) is 0 Å². The number of benzene rings is 1. The Hall–Kier alpha value is -0.380. The predicted octanol–water partition coefficient (Wildman–Crippen LogP) is 4.76. The molecule has 1 aromatic carbocycles. The molecule has 1 aromatic heterocycles. The van der Waals surface area contributed by atoms with Gasteiger partial charge in [0, 0.05) is 23.6 Å². The lowest BCUT2D eigenvalue weighted by Gasteiger charge is -2.25. The maximum atomic E-state index is 6.41. The molecule has 1 aliphatic heterocycles. The molecule has 20 heavy (non-hydrogen) atoms. The van der Waals surface area contributed by atoms with Gasteiger partial charge in [0.05, 0.1) is 16.1 Å². The number of imidazole rings is 1. The van der Waals surface area contributed by atoms with Crippen molar-refractivity contribution in [1.82, 2.24) is 9.55 Å². The zero-order chi connectivity index (χ0) is 14.2. The minimum Gasteiger partial charge on any atom is -0.325 e. The van der Waals surface area contributed by atoms with Crippen LogP contribution < -0.4 is 0 Å². The molecule has 1 aliphatic rings. The van der Waals surface area contributed by atoms with Crippen molar-refractivity contribution in [2.24, 2.45) is 0 Å². The molecule has 0 aliphatic carbocycles. The third-order valence-corrected chi connectivity index (χ3v) is 5.92. The highest BCUT2D eigenvalue weighted by atomic mass is 35.5. The molecule has 2 aromatic rings. The van der Waals surface area contributed by atoms with E-state index in [-0.39, 0.29) is 4.75 Å². The molecule has 0 spiro atoms. The monoisotopic (exact) mass is 328 g/mol. The molecule has 0 bridgehead atoms. The van der Waals surface area contributed by atoms with Crippen molar-refractivity contribution in [2.45, 2.75) is 37.5 Å². The number of alkyl halides is 1. The van der Waals surface area contributed by atoms with Crippen LogP contribution in [0.2, 0.25) is 5.02 Å². The van der Waals surface area contributed by atoms with E-state index in [2.05, 4.69) is 23.3 Å².